The summed E-state index contributed by atoms with van der Waals surface area (Å²) in [5, 5.41) is 13.3. The molecular formula is C74H80N5O3S+. The average Bonchev–Trinajstić information content (AvgIpc) is 2.87. The molecule has 7 aromatic rings. The maximum Gasteiger partial charge on any atom is 0.264 e. The number of hydrogen-bond acceptors (Lipinski definition) is 6. The Bertz CT molecular complexity index is 4260. The number of unbranched alkanes of at least 4 members (excludes halogenated alkanes) is 6. The van der Waals surface area contributed by atoms with E-state index in [9.17, 15) is 13.0 Å². The Morgan fingerprint density at radius 3 is 1.76 bits per heavy atom. The van der Waals surface area contributed by atoms with E-state index in [-0.39, 0.29) is 16.6 Å². The van der Waals surface area contributed by atoms with E-state index >= 15 is 0 Å². The van der Waals surface area contributed by atoms with E-state index in [4.69, 9.17) is 4.99 Å². The van der Waals surface area contributed by atoms with Gasteiger partial charge in [-0.25, -0.2) is 4.99 Å². The fourth-order valence-electron chi connectivity index (χ4n) is 14.4. The molecular weight excluding hydrogens is 1040 g/mol. The van der Waals surface area contributed by atoms with Crippen LogP contribution in [0.3, 0.4) is 0 Å². The highest BCUT2D eigenvalue weighted by molar-refractivity contribution is 7.85. The zero-order valence-electron chi connectivity index (χ0n) is 49.8. The summed E-state index contributed by atoms with van der Waals surface area (Å²) in [6, 6.07) is 48.6. The third-order valence-corrected chi connectivity index (χ3v) is 19.3. The number of rotatable bonds is 18. The van der Waals surface area contributed by atoms with Gasteiger partial charge in [-0.1, -0.05) is 176 Å². The minimum absolute atomic E-state index is 0.276. The van der Waals surface area contributed by atoms with Crippen molar-refractivity contribution in [1.29, 1.82) is 0 Å². The van der Waals surface area contributed by atoms with Gasteiger partial charge in [0.15, 0.2) is 5.71 Å². The van der Waals surface area contributed by atoms with Crippen LogP contribution in [0.15, 0.2) is 208 Å². The molecule has 83 heavy (non-hydrogen) atoms. The van der Waals surface area contributed by atoms with Crippen LogP contribution in [-0.2, 0) is 26.4 Å². The molecule has 9 heteroatoms. The maximum atomic E-state index is 12.0. The van der Waals surface area contributed by atoms with Crippen LogP contribution in [0.25, 0.3) is 38.5 Å². The summed E-state index contributed by atoms with van der Waals surface area (Å²) in [4.78, 5) is 10.7. The molecule has 7 aromatic carbocycles. The second kappa shape index (κ2) is 22.2. The van der Waals surface area contributed by atoms with E-state index in [1.165, 1.54) is 91.1 Å². The summed E-state index contributed by atoms with van der Waals surface area (Å²) >= 11 is 0. The van der Waals surface area contributed by atoms with Gasteiger partial charge in [0.25, 0.3) is 10.1 Å². The van der Waals surface area contributed by atoms with Crippen LogP contribution < -0.4 is 25.7 Å². The van der Waals surface area contributed by atoms with Gasteiger partial charge < -0.3 is 15.1 Å². The lowest BCUT2D eigenvalue weighted by atomic mass is 9.78. The zero-order chi connectivity index (χ0) is 57.8. The van der Waals surface area contributed by atoms with Crippen LogP contribution in [0, 0.1) is 0 Å². The molecule has 0 fully saturated rings. The van der Waals surface area contributed by atoms with E-state index in [1.807, 2.05) is 0 Å². The van der Waals surface area contributed by atoms with Crippen molar-refractivity contribution in [2.24, 2.45) is 4.99 Å². The second-order valence-electron chi connectivity index (χ2n) is 25.0. The van der Waals surface area contributed by atoms with Crippen molar-refractivity contribution in [2.45, 2.75) is 129 Å². The fourth-order valence-corrected chi connectivity index (χ4v) is 15.0. The van der Waals surface area contributed by atoms with Gasteiger partial charge in [-0.05, 0) is 131 Å². The molecule has 5 aliphatic rings. The molecule has 4 aliphatic heterocycles. The lowest BCUT2D eigenvalue weighted by Gasteiger charge is -2.28. The molecule has 0 saturated carbocycles. The van der Waals surface area contributed by atoms with Crippen LogP contribution >= 0.6 is 0 Å². The lowest BCUT2D eigenvalue weighted by Crippen LogP contribution is -2.28. The third-order valence-electron chi connectivity index (χ3n) is 18.5. The first kappa shape index (κ1) is 55.9. The van der Waals surface area contributed by atoms with Crippen molar-refractivity contribution < 1.29 is 17.5 Å². The zero-order valence-corrected chi connectivity index (χ0v) is 50.6. The maximum absolute atomic E-state index is 12.0. The Kier molecular flexibility index (Phi) is 15.0. The number of allylic oxidation sites excluding steroid dienone is 8. The Balaban J connectivity index is 1.12. The van der Waals surface area contributed by atoms with Crippen LogP contribution in [0.2, 0.25) is 0 Å². The Morgan fingerprint density at radius 2 is 1.12 bits per heavy atom. The monoisotopic (exact) mass is 1120 g/mol. The first-order chi connectivity index (χ1) is 40.0. The van der Waals surface area contributed by atoms with E-state index < -0.39 is 15.5 Å². The van der Waals surface area contributed by atoms with Crippen molar-refractivity contribution >= 4 is 71.4 Å². The van der Waals surface area contributed by atoms with Crippen LogP contribution in [-0.4, -0.2) is 48.6 Å². The topological polar surface area (TPSA) is 88.2 Å². The van der Waals surface area contributed by atoms with Gasteiger partial charge in [-0.3, -0.25) is 4.55 Å². The molecule has 0 atom stereocenters. The number of anilines is 2. The molecule has 0 bridgehead atoms. The predicted octanol–water partition coefficient (Wildman–Crippen LogP) is 16.0. The van der Waals surface area contributed by atoms with Gasteiger partial charge >= 0.3 is 0 Å². The van der Waals surface area contributed by atoms with Gasteiger partial charge in [0.2, 0.25) is 5.69 Å². The van der Waals surface area contributed by atoms with Crippen LogP contribution in [0.5, 0.6) is 0 Å². The molecule has 0 unspecified atom stereocenters. The first-order valence-electron chi connectivity index (χ1n) is 30.5. The summed E-state index contributed by atoms with van der Waals surface area (Å²) in [5.74, 6) is -0.276. The van der Waals surface area contributed by atoms with Gasteiger partial charge in [-0.2, -0.15) is 13.0 Å². The van der Waals surface area contributed by atoms with Crippen molar-refractivity contribution in [3.8, 4) is 0 Å². The largest absolute Gasteiger partial charge is 0.359 e. The normalized spacial score (nSPS) is 19.1. The summed E-state index contributed by atoms with van der Waals surface area (Å²) in [6.07, 6.45) is 23.1. The minimum atomic E-state index is -4.11. The molecule has 424 valence electrons. The molecule has 8 nitrogen and oxygen atoms in total. The van der Waals surface area contributed by atoms with Crippen molar-refractivity contribution in [3.63, 3.8) is 0 Å². The SMILES string of the molecule is CCCCCC[N+]1=C(C=CC2=C(C=C3N(CCCCC)c4ccc5ccccc5c4C3(C)C)C(=CC=C3N(CCCCS(=O)(=O)O)c4ccc5ccccc5c4C3(C)C)C3=C2NC=c2ccccc2=N3)C(C)(C)c2c1ccc1ccccc21. The van der Waals surface area contributed by atoms with Crippen LogP contribution in [0.1, 0.15) is 130 Å². The highest BCUT2D eigenvalue weighted by atomic mass is 32.2. The highest BCUT2D eigenvalue weighted by Gasteiger charge is 2.47. The van der Waals surface area contributed by atoms with Gasteiger partial charge in [0.05, 0.1) is 27.9 Å². The van der Waals surface area contributed by atoms with Gasteiger partial charge in [-0.15, -0.1) is 0 Å². The second-order valence-corrected chi connectivity index (χ2v) is 26.6. The number of hydrogen-bond donors (Lipinski definition) is 2. The molecule has 1 aliphatic carbocycles. The molecule has 4 heterocycles. The van der Waals surface area contributed by atoms with Crippen molar-refractivity contribution in [2.75, 3.05) is 35.2 Å². The first-order valence-corrected chi connectivity index (χ1v) is 32.1. The number of fused-ring (bicyclic) bond motifs is 10. The van der Waals surface area contributed by atoms with Gasteiger partial charge in [0, 0.05) is 93.4 Å². The highest BCUT2D eigenvalue weighted by Crippen LogP contribution is 2.54. The standard InChI is InChI=1S/C74H79N5O3S/c1-9-11-13-23-45-77-61-39-34-50-26-14-18-30-54(50)67(61)72(3,4)64(77)42-37-57-59(48-66-74(7,8)69-56-32-20-16-28-52(56)36-41-63(69)79(66)44-22-12-10-2)58(71-70(57)75-49-53-29-17-21-33-60(53)76-71)38-43-65-73(5,6)68-55-31-19-15-27-51(55)35-40-62(68)78(65)46-24-25-47-83(80,81)82/h14-21,26-43,48-49,75H,9-13,22-25,44-47H2,1-8H3/p+1. The summed E-state index contributed by atoms with van der Waals surface area (Å²) in [6.45, 7) is 21.3. The number of nitrogens with zero attached hydrogens (tertiary/aromatic N) is 4. The van der Waals surface area contributed by atoms with Crippen molar-refractivity contribution in [3.05, 3.63) is 231 Å². The lowest BCUT2D eigenvalue weighted by molar-refractivity contribution is -0.438. The summed E-state index contributed by atoms with van der Waals surface area (Å²) in [7, 11) is -4.11. The minimum Gasteiger partial charge on any atom is -0.359 e. The van der Waals surface area contributed by atoms with E-state index in [0.29, 0.717) is 19.4 Å². The Morgan fingerprint density at radius 1 is 0.566 bits per heavy atom. The fraction of sp³-hybridized carbons (Fsp3) is 0.324. The van der Waals surface area contributed by atoms with E-state index in [1.54, 1.807) is 0 Å². The van der Waals surface area contributed by atoms with Crippen LogP contribution in [0.4, 0.5) is 17.1 Å². The predicted molar refractivity (Wildman–Crippen MR) is 347 cm³/mol. The molecule has 0 aromatic heterocycles. The molecule has 0 radical (unpaired) electrons. The van der Waals surface area contributed by atoms with Gasteiger partial charge in [0.1, 0.15) is 6.54 Å². The van der Waals surface area contributed by atoms with E-state index in [2.05, 4.69) is 245 Å². The third kappa shape index (κ3) is 10.0. The Hall–Kier alpha value is -7.59. The van der Waals surface area contributed by atoms with E-state index in [0.717, 1.165) is 88.8 Å². The Labute approximate surface area is 491 Å². The summed E-state index contributed by atoms with van der Waals surface area (Å²) < 4.78 is 36.5. The molecule has 12 rings (SSSR count). The molecule has 0 spiro atoms. The number of nitrogens with one attached hydrogen (secondary N) is 1. The van der Waals surface area contributed by atoms with Crippen molar-refractivity contribution in [1.82, 2.24) is 5.32 Å². The smallest absolute Gasteiger partial charge is 0.264 e. The molecule has 0 amide bonds. The average molecular weight is 1120 g/mol. The molecule has 2 N–H and O–H groups in total. The molecule has 0 saturated heterocycles. The summed E-state index contributed by atoms with van der Waals surface area (Å²) in [5.41, 5.74) is 15.2. The quantitative estimate of drug-likeness (QED) is 0.0506. The number of benzene rings is 7. The number of para-hydroxylation sites is 1.